The first kappa shape index (κ1) is 29.6. The molecule has 1 aliphatic heterocycles. The summed E-state index contributed by atoms with van der Waals surface area (Å²) in [5.74, 6) is 3.60. The van der Waals surface area contributed by atoms with E-state index in [4.69, 9.17) is 14.2 Å². The van der Waals surface area contributed by atoms with E-state index in [0.29, 0.717) is 11.3 Å². The highest BCUT2D eigenvalue weighted by atomic mass is 16.7. The van der Waals surface area contributed by atoms with Gasteiger partial charge in [0.1, 0.15) is 6.10 Å². The van der Waals surface area contributed by atoms with E-state index >= 15 is 0 Å². The fraction of sp³-hybridized carbons (Fsp3) is 0.912. The molecule has 222 valence electrons. The van der Waals surface area contributed by atoms with Gasteiger partial charge in [0.05, 0.1) is 11.7 Å². The Balaban J connectivity index is 1.23. The Hall–Kier alpha value is -0.910. The van der Waals surface area contributed by atoms with Crippen molar-refractivity contribution >= 4 is 5.97 Å². The molecule has 5 rings (SSSR count). The van der Waals surface area contributed by atoms with Gasteiger partial charge in [0, 0.05) is 20.0 Å². The van der Waals surface area contributed by atoms with Crippen LogP contribution in [0.5, 0.6) is 0 Å². The monoisotopic (exact) mass is 544 g/mol. The first-order valence-electron chi connectivity index (χ1n) is 16.3. The first-order valence-corrected chi connectivity index (χ1v) is 16.3. The smallest absolute Gasteiger partial charge is 0.302 e. The lowest BCUT2D eigenvalue weighted by Gasteiger charge is -2.58. The molecule has 3 saturated carbocycles. The Kier molecular flexibility index (Phi) is 8.65. The van der Waals surface area contributed by atoms with E-state index in [-0.39, 0.29) is 29.9 Å². The summed E-state index contributed by atoms with van der Waals surface area (Å²) in [5.41, 5.74) is 1.40. The Labute approximate surface area is 237 Å². The van der Waals surface area contributed by atoms with Crippen LogP contribution < -0.4 is 0 Å². The van der Waals surface area contributed by atoms with Crippen molar-refractivity contribution < 1.29 is 24.1 Å². The summed E-state index contributed by atoms with van der Waals surface area (Å²) in [6.07, 6.45) is 17.2. The van der Waals surface area contributed by atoms with Gasteiger partial charge in [-0.2, -0.15) is 0 Å². The van der Waals surface area contributed by atoms with E-state index in [0.717, 1.165) is 81.6 Å². The third-order valence-corrected chi connectivity index (χ3v) is 12.3. The van der Waals surface area contributed by atoms with Crippen molar-refractivity contribution in [1.82, 2.24) is 0 Å². The molecule has 0 amide bonds. The van der Waals surface area contributed by atoms with Gasteiger partial charge in [0.15, 0.2) is 6.29 Å². The molecule has 4 fully saturated rings. The first-order chi connectivity index (χ1) is 18.4. The number of ether oxygens (including phenoxy) is 3. The molecule has 1 saturated heterocycles. The molecule has 1 heterocycles. The molecule has 4 aliphatic carbocycles. The van der Waals surface area contributed by atoms with E-state index in [1.54, 1.807) is 12.5 Å². The fourth-order valence-electron chi connectivity index (χ4n) is 10.1. The van der Waals surface area contributed by atoms with Crippen LogP contribution in [0.4, 0.5) is 0 Å². The summed E-state index contributed by atoms with van der Waals surface area (Å²) in [6, 6.07) is 0. The van der Waals surface area contributed by atoms with E-state index < -0.39 is 5.60 Å². The van der Waals surface area contributed by atoms with Gasteiger partial charge in [-0.3, -0.25) is 4.79 Å². The van der Waals surface area contributed by atoms with Crippen molar-refractivity contribution in [2.75, 3.05) is 6.61 Å². The van der Waals surface area contributed by atoms with Crippen molar-refractivity contribution in [3.63, 3.8) is 0 Å². The summed E-state index contributed by atoms with van der Waals surface area (Å²) >= 11 is 0. The Morgan fingerprint density at radius 3 is 2.59 bits per heavy atom. The topological polar surface area (TPSA) is 65.0 Å². The SMILES string of the molecule is CC(=O)O[C@H]1CC[C@@]2(C)C(=CC[C@H]3[C@@H]4CC[C@H]([C@H](C)CC[C@@H](OC5CCCCO5)C(C)(C)O)[C@@]4(C)CC[C@@H]32)C1. The summed E-state index contributed by atoms with van der Waals surface area (Å²) in [6.45, 7) is 13.7. The molecule has 0 aromatic heterocycles. The molecule has 0 radical (unpaired) electrons. The van der Waals surface area contributed by atoms with Gasteiger partial charge in [0.25, 0.3) is 0 Å². The van der Waals surface area contributed by atoms with Crippen LogP contribution in [0.3, 0.4) is 0 Å². The normalized spacial score (nSPS) is 42.0. The average molecular weight is 545 g/mol. The maximum Gasteiger partial charge on any atom is 0.302 e. The van der Waals surface area contributed by atoms with Gasteiger partial charge < -0.3 is 19.3 Å². The highest BCUT2D eigenvalue weighted by Crippen LogP contribution is 2.67. The number of esters is 1. The molecule has 0 aromatic rings. The van der Waals surface area contributed by atoms with Crippen LogP contribution in [0.25, 0.3) is 0 Å². The molecule has 0 aromatic carbocycles. The largest absolute Gasteiger partial charge is 0.462 e. The van der Waals surface area contributed by atoms with Crippen LogP contribution in [0.1, 0.15) is 125 Å². The van der Waals surface area contributed by atoms with Crippen LogP contribution in [-0.2, 0) is 19.0 Å². The van der Waals surface area contributed by atoms with Gasteiger partial charge in [0.2, 0.25) is 0 Å². The average Bonchev–Trinajstić information content (AvgIpc) is 3.23. The highest BCUT2D eigenvalue weighted by Gasteiger charge is 2.59. The molecule has 1 unspecified atom stereocenters. The van der Waals surface area contributed by atoms with Crippen molar-refractivity contribution in [2.24, 2.45) is 40.4 Å². The minimum absolute atomic E-state index is 0.0744. The molecule has 39 heavy (non-hydrogen) atoms. The second kappa shape index (κ2) is 11.4. The zero-order valence-corrected chi connectivity index (χ0v) is 25.7. The maximum atomic E-state index is 11.6. The van der Waals surface area contributed by atoms with Crippen LogP contribution >= 0.6 is 0 Å². The van der Waals surface area contributed by atoms with Gasteiger partial charge in [-0.1, -0.05) is 32.4 Å². The number of fused-ring (bicyclic) bond motifs is 5. The zero-order valence-electron chi connectivity index (χ0n) is 25.7. The minimum atomic E-state index is -0.864. The zero-order chi connectivity index (χ0) is 28.0. The fourth-order valence-corrected chi connectivity index (χ4v) is 10.1. The highest BCUT2D eigenvalue weighted by molar-refractivity contribution is 5.66. The molecule has 10 atom stereocenters. The number of carbonyl (C=O) groups excluding carboxylic acids is 1. The quantitative estimate of drug-likeness (QED) is 0.252. The van der Waals surface area contributed by atoms with Gasteiger partial charge >= 0.3 is 5.97 Å². The third kappa shape index (κ3) is 5.89. The van der Waals surface area contributed by atoms with Crippen LogP contribution in [-0.4, -0.2) is 41.8 Å². The number of aliphatic hydroxyl groups is 1. The summed E-state index contributed by atoms with van der Waals surface area (Å²) < 4.78 is 17.8. The van der Waals surface area contributed by atoms with Crippen LogP contribution in [0, 0.1) is 40.4 Å². The molecule has 0 spiro atoms. The lowest BCUT2D eigenvalue weighted by molar-refractivity contribution is -0.224. The Morgan fingerprint density at radius 2 is 1.90 bits per heavy atom. The summed E-state index contributed by atoms with van der Waals surface area (Å²) in [7, 11) is 0. The van der Waals surface area contributed by atoms with Gasteiger partial charge in [-0.15, -0.1) is 0 Å². The molecular formula is C34H56O5. The summed E-state index contributed by atoms with van der Waals surface area (Å²) in [4.78, 5) is 11.6. The van der Waals surface area contributed by atoms with Gasteiger partial charge in [-0.25, -0.2) is 0 Å². The Bertz CT molecular complexity index is 900. The second-order valence-electron chi connectivity index (χ2n) is 15.1. The third-order valence-electron chi connectivity index (χ3n) is 12.3. The van der Waals surface area contributed by atoms with E-state index in [1.807, 2.05) is 13.8 Å². The Morgan fingerprint density at radius 1 is 1.10 bits per heavy atom. The van der Waals surface area contributed by atoms with Crippen molar-refractivity contribution in [1.29, 1.82) is 0 Å². The molecule has 5 nitrogen and oxygen atoms in total. The van der Waals surface area contributed by atoms with E-state index in [2.05, 4.69) is 26.8 Å². The van der Waals surface area contributed by atoms with Crippen LogP contribution in [0.2, 0.25) is 0 Å². The van der Waals surface area contributed by atoms with Crippen LogP contribution in [0.15, 0.2) is 11.6 Å². The van der Waals surface area contributed by atoms with E-state index in [1.165, 1.54) is 32.1 Å². The number of hydrogen-bond acceptors (Lipinski definition) is 5. The number of carbonyl (C=O) groups is 1. The molecule has 5 heteroatoms. The second-order valence-corrected chi connectivity index (χ2v) is 15.1. The minimum Gasteiger partial charge on any atom is -0.462 e. The van der Waals surface area contributed by atoms with Crippen molar-refractivity contribution in [3.8, 4) is 0 Å². The molecule has 5 aliphatic rings. The predicted octanol–water partition coefficient (Wildman–Crippen LogP) is 7.60. The van der Waals surface area contributed by atoms with Gasteiger partial charge in [-0.05, 0) is 131 Å². The van der Waals surface area contributed by atoms with Crippen molar-refractivity contribution in [3.05, 3.63) is 11.6 Å². The van der Waals surface area contributed by atoms with Crippen molar-refractivity contribution in [2.45, 2.75) is 149 Å². The maximum absolute atomic E-state index is 11.6. The number of hydrogen-bond donors (Lipinski definition) is 1. The molecule has 1 N–H and O–H groups in total. The standard InChI is InChI=1S/C34H56O5/c1-22(10-15-30(32(3,4)36)39-31-9-7-8-20-37-31)27-13-14-28-26-12-11-24-21-25(38-23(2)35)16-18-33(24,5)29(26)17-19-34(27,28)6/h11,22,25-31,36H,7-10,12-21H2,1-6H3/t22-,25+,26+,27-,28+,29+,30-,31?,33+,34-/m1/s1. The lowest BCUT2D eigenvalue weighted by Crippen LogP contribution is -2.51. The summed E-state index contributed by atoms with van der Waals surface area (Å²) in [5, 5.41) is 10.9. The molecular weight excluding hydrogens is 488 g/mol. The number of rotatable bonds is 8. The number of allylic oxidation sites excluding steroid dienone is 1. The van der Waals surface area contributed by atoms with E-state index in [9.17, 15) is 9.90 Å². The lowest BCUT2D eigenvalue weighted by atomic mass is 9.47. The predicted molar refractivity (Wildman–Crippen MR) is 154 cm³/mol. The molecule has 0 bridgehead atoms.